The van der Waals surface area contributed by atoms with Gasteiger partial charge in [-0.15, -0.1) is 0 Å². The van der Waals surface area contributed by atoms with E-state index in [2.05, 4.69) is 0 Å². The molecule has 0 saturated carbocycles. The van der Waals surface area contributed by atoms with Crippen molar-refractivity contribution in [3.8, 4) is 0 Å². The van der Waals surface area contributed by atoms with Gasteiger partial charge >= 0.3 is 5.97 Å². The van der Waals surface area contributed by atoms with Crippen LogP contribution in [0.25, 0.3) is 10.9 Å². The number of hydrogen-bond acceptors (Lipinski definition) is 2. The van der Waals surface area contributed by atoms with Gasteiger partial charge in [-0.3, -0.25) is 4.79 Å². The smallest absolute Gasteiger partial charge is 0.326 e. The molecule has 0 spiro atoms. The van der Waals surface area contributed by atoms with E-state index in [1.165, 1.54) is 0 Å². The van der Waals surface area contributed by atoms with E-state index in [0.717, 1.165) is 10.9 Å². The summed E-state index contributed by atoms with van der Waals surface area (Å²) in [6.45, 7) is 3.85. The lowest BCUT2D eigenvalue weighted by molar-refractivity contribution is -0.148. The summed E-state index contributed by atoms with van der Waals surface area (Å²) in [4.78, 5) is 11.6. The number of rotatable bonds is 3. The minimum Gasteiger partial charge on any atom is -0.462 e. The lowest BCUT2D eigenvalue weighted by Crippen LogP contribution is -2.16. The van der Waals surface area contributed by atoms with Gasteiger partial charge in [0.15, 0.2) is 0 Å². The summed E-state index contributed by atoms with van der Waals surface area (Å²) >= 11 is 6.09. The molecule has 0 atom stereocenters. The zero-order chi connectivity index (χ0) is 12.4. The van der Waals surface area contributed by atoms with Crippen LogP contribution in [-0.2, 0) is 16.1 Å². The monoisotopic (exact) mass is 251 g/mol. The molecule has 0 aliphatic carbocycles. The van der Waals surface area contributed by atoms with E-state index >= 15 is 0 Å². The topological polar surface area (TPSA) is 31.2 Å². The van der Waals surface area contributed by atoms with Gasteiger partial charge in [0, 0.05) is 11.6 Å². The van der Waals surface area contributed by atoms with Crippen LogP contribution >= 0.6 is 11.6 Å². The Balaban J connectivity index is 2.27. The second-order valence-corrected chi connectivity index (χ2v) is 4.57. The van der Waals surface area contributed by atoms with Gasteiger partial charge in [-0.05, 0) is 19.9 Å². The van der Waals surface area contributed by atoms with Crippen LogP contribution in [0.4, 0.5) is 0 Å². The Labute approximate surface area is 105 Å². The van der Waals surface area contributed by atoms with E-state index in [9.17, 15) is 4.79 Å². The fourth-order valence-corrected chi connectivity index (χ4v) is 2.05. The van der Waals surface area contributed by atoms with Crippen molar-refractivity contribution in [2.45, 2.75) is 26.5 Å². The third-order valence-corrected chi connectivity index (χ3v) is 2.71. The maximum Gasteiger partial charge on any atom is 0.326 e. The number of carbonyl (C=O) groups is 1. The quantitative estimate of drug-likeness (QED) is 0.784. The van der Waals surface area contributed by atoms with Crippen molar-refractivity contribution < 1.29 is 9.53 Å². The van der Waals surface area contributed by atoms with Crippen LogP contribution in [0.15, 0.2) is 30.5 Å². The van der Waals surface area contributed by atoms with Crippen molar-refractivity contribution in [3.63, 3.8) is 0 Å². The van der Waals surface area contributed by atoms with Crippen molar-refractivity contribution in [2.24, 2.45) is 0 Å². The van der Waals surface area contributed by atoms with Gasteiger partial charge in [-0.25, -0.2) is 0 Å². The first-order chi connectivity index (χ1) is 8.08. The Kier molecular flexibility index (Phi) is 3.38. The average Bonchev–Trinajstić information content (AvgIpc) is 2.55. The fraction of sp³-hybridized carbons (Fsp3) is 0.308. The van der Waals surface area contributed by atoms with Crippen molar-refractivity contribution in [2.75, 3.05) is 0 Å². The van der Waals surface area contributed by atoms with Gasteiger partial charge in [0.1, 0.15) is 6.54 Å². The summed E-state index contributed by atoms with van der Waals surface area (Å²) in [5.41, 5.74) is 0.943. The highest BCUT2D eigenvalue weighted by Crippen LogP contribution is 2.25. The van der Waals surface area contributed by atoms with Gasteiger partial charge in [0.05, 0.1) is 16.6 Å². The molecule has 1 aromatic carbocycles. The highest BCUT2D eigenvalue weighted by atomic mass is 35.5. The lowest BCUT2D eigenvalue weighted by atomic mass is 10.2. The van der Waals surface area contributed by atoms with E-state index in [4.69, 9.17) is 16.3 Å². The molecule has 0 aliphatic rings. The third-order valence-electron chi connectivity index (χ3n) is 2.41. The highest BCUT2D eigenvalue weighted by Gasteiger charge is 2.11. The molecule has 17 heavy (non-hydrogen) atoms. The van der Waals surface area contributed by atoms with Crippen LogP contribution < -0.4 is 0 Å². The lowest BCUT2D eigenvalue weighted by Gasteiger charge is -2.09. The first-order valence-electron chi connectivity index (χ1n) is 5.51. The summed E-state index contributed by atoms with van der Waals surface area (Å²) in [7, 11) is 0. The summed E-state index contributed by atoms with van der Waals surface area (Å²) in [5, 5.41) is 1.60. The molecular formula is C13H14ClNO2. The van der Waals surface area contributed by atoms with Crippen molar-refractivity contribution in [3.05, 3.63) is 35.5 Å². The summed E-state index contributed by atoms with van der Waals surface area (Å²) < 4.78 is 6.92. The Morgan fingerprint density at radius 3 is 2.82 bits per heavy atom. The highest BCUT2D eigenvalue weighted by molar-refractivity contribution is 6.35. The van der Waals surface area contributed by atoms with E-state index in [1.54, 1.807) is 6.20 Å². The molecule has 0 amide bonds. The molecule has 0 aliphatic heterocycles. The average molecular weight is 252 g/mol. The largest absolute Gasteiger partial charge is 0.462 e. The third kappa shape index (κ3) is 2.61. The van der Waals surface area contributed by atoms with Crippen LogP contribution in [0.3, 0.4) is 0 Å². The van der Waals surface area contributed by atoms with Gasteiger partial charge < -0.3 is 9.30 Å². The van der Waals surface area contributed by atoms with E-state index in [-0.39, 0.29) is 18.6 Å². The molecule has 0 N–H and O–H groups in total. The SMILES string of the molecule is CC(C)OC(=O)Cn1cc(Cl)c2ccccc21. The number of nitrogens with zero attached hydrogens (tertiary/aromatic N) is 1. The number of esters is 1. The van der Waals surface area contributed by atoms with Gasteiger partial charge in [0.25, 0.3) is 0 Å². The second-order valence-electron chi connectivity index (χ2n) is 4.16. The number of para-hydroxylation sites is 1. The van der Waals surface area contributed by atoms with Crippen LogP contribution in [0.5, 0.6) is 0 Å². The normalized spacial score (nSPS) is 11.1. The number of aromatic nitrogens is 1. The first kappa shape index (κ1) is 12.0. The van der Waals surface area contributed by atoms with E-state index in [0.29, 0.717) is 5.02 Å². The van der Waals surface area contributed by atoms with Crippen LogP contribution in [0, 0.1) is 0 Å². The predicted molar refractivity (Wildman–Crippen MR) is 68.2 cm³/mol. The molecule has 0 unspecified atom stereocenters. The minimum absolute atomic E-state index is 0.0974. The molecule has 0 bridgehead atoms. The summed E-state index contributed by atoms with van der Waals surface area (Å²) in [5.74, 6) is -0.252. The Morgan fingerprint density at radius 2 is 2.12 bits per heavy atom. The molecule has 0 fully saturated rings. The van der Waals surface area contributed by atoms with Crippen molar-refractivity contribution in [1.29, 1.82) is 0 Å². The van der Waals surface area contributed by atoms with Gasteiger partial charge in [-0.1, -0.05) is 29.8 Å². The summed E-state index contributed by atoms with van der Waals surface area (Å²) in [6, 6.07) is 7.71. The maximum atomic E-state index is 11.6. The Bertz CT molecular complexity index is 545. The molecule has 3 nitrogen and oxygen atoms in total. The van der Waals surface area contributed by atoms with Crippen LogP contribution in [0.1, 0.15) is 13.8 Å². The minimum atomic E-state index is -0.252. The standard InChI is InChI=1S/C13H14ClNO2/c1-9(2)17-13(16)8-15-7-11(14)10-5-3-4-6-12(10)15/h3-7,9H,8H2,1-2H3. The molecular weight excluding hydrogens is 238 g/mol. The fourth-order valence-electron chi connectivity index (χ4n) is 1.77. The molecule has 1 aromatic heterocycles. The van der Waals surface area contributed by atoms with Crippen LogP contribution in [-0.4, -0.2) is 16.6 Å². The first-order valence-corrected chi connectivity index (χ1v) is 5.88. The zero-order valence-electron chi connectivity index (χ0n) is 9.81. The molecule has 4 heteroatoms. The number of fused-ring (bicyclic) bond motifs is 1. The number of hydrogen-bond donors (Lipinski definition) is 0. The molecule has 1 heterocycles. The maximum absolute atomic E-state index is 11.6. The zero-order valence-corrected chi connectivity index (χ0v) is 10.6. The van der Waals surface area contributed by atoms with Gasteiger partial charge in [-0.2, -0.15) is 0 Å². The van der Waals surface area contributed by atoms with Gasteiger partial charge in [0.2, 0.25) is 0 Å². The predicted octanol–water partition coefficient (Wildman–Crippen LogP) is 3.25. The molecule has 0 radical (unpaired) electrons. The Morgan fingerprint density at radius 1 is 1.41 bits per heavy atom. The summed E-state index contributed by atoms with van der Waals surface area (Å²) in [6.07, 6.45) is 1.66. The molecule has 0 saturated heterocycles. The number of carbonyl (C=O) groups excluding carboxylic acids is 1. The number of ether oxygens (including phenoxy) is 1. The Hall–Kier alpha value is -1.48. The van der Waals surface area contributed by atoms with Crippen molar-refractivity contribution in [1.82, 2.24) is 4.57 Å². The van der Waals surface area contributed by atoms with E-state index in [1.807, 2.05) is 42.7 Å². The van der Waals surface area contributed by atoms with Crippen molar-refractivity contribution >= 4 is 28.5 Å². The molecule has 90 valence electrons. The molecule has 2 rings (SSSR count). The number of halogens is 1. The second kappa shape index (κ2) is 4.80. The number of benzene rings is 1. The van der Waals surface area contributed by atoms with Crippen LogP contribution in [0.2, 0.25) is 5.02 Å². The molecule has 2 aromatic rings. The van der Waals surface area contributed by atoms with E-state index < -0.39 is 0 Å².